The lowest BCUT2D eigenvalue weighted by atomic mass is 9.92. The number of hydrogen-bond donors (Lipinski definition) is 3. The van der Waals surface area contributed by atoms with E-state index >= 15 is 0 Å². The second-order valence-corrected chi connectivity index (χ2v) is 5.24. The third kappa shape index (κ3) is 3.18. The summed E-state index contributed by atoms with van der Waals surface area (Å²) in [5, 5.41) is 11.8. The van der Waals surface area contributed by atoms with Gasteiger partial charge in [0, 0.05) is 19.7 Å². The molecule has 1 rings (SSSR count). The van der Waals surface area contributed by atoms with Crippen molar-refractivity contribution in [3.63, 3.8) is 0 Å². The van der Waals surface area contributed by atoms with E-state index in [9.17, 15) is 4.79 Å². The van der Waals surface area contributed by atoms with Crippen molar-refractivity contribution >= 4 is 5.91 Å². The lowest BCUT2D eigenvalue weighted by molar-refractivity contribution is -0.129. The van der Waals surface area contributed by atoms with Crippen LogP contribution in [0.3, 0.4) is 0 Å². The molecule has 0 aromatic rings. The van der Waals surface area contributed by atoms with Crippen LogP contribution in [0.5, 0.6) is 0 Å². The van der Waals surface area contributed by atoms with Crippen molar-refractivity contribution in [2.75, 3.05) is 19.7 Å². The first-order chi connectivity index (χ1) is 6.96. The molecule has 4 N–H and O–H groups in total. The number of nitrogens with one attached hydrogen (secondary N) is 1. The van der Waals surface area contributed by atoms with E-state index in [1.165, 1.54) is 0 Å². The minimum absolute atomic E-state index is 0.00853. The highest BCUT2D eigenvalue weighted by molar-refractivity contribution is 5.82. The van der Waals surface area contributed by atoms with Gasteiger partial charge in [-0.3, -0.25) is 4.79 Å². The first kappa shape index (κ1) is 12.5. The van der Waals surface area contributed by atoms with Crippen molar-refractivity contribution < 1.29 is 9.90 Å². The maximum Gasteiger partial charge on any atom is 0.226 e. The van der Waals surface area contributed by atoms with Crippen LogP contribution in [-0.4, -0.2) is 30.7 Å². The summed E-state index contributed by atoms with van der Waals surface area (Å²) in [7, 11) is 0. The highest BCUT2D eigenvalue weighted by Crippen LogP contribution is 2.47. The van der Waals surface area contributed by atoms with Crippen LogP contribution in [-0.2, 0) is 4.79 Å². The molecule has 0 radical (unpaired) electrons. The molecule has 0 atom stereocenters. The summed E-state index contributed by atoms with van der Waals surface area (Å²) in [6.45, 7) is 4.92. The highest BCUT2D eigenvalue weighted by Gasteiger charge is 2.42. The largest absolute Gasteiger partial charge is 0.396 e. The van der Waals surface area contributed by atoms with Gasteiger partial charge in [0.05, 0.1) is 5.41 Å². The van der Waals surface area contributed by atoms with Crippen molar-refractivity contribution in [2.45, 2.75) is 33.1 Å². The zero-order valence-corrected chi connectivity index (χ0v) is 9.68. The van der Waals surface area contributed by atoms with Gasteiger partial charge in [0.2, 0.25) is 5.91 Å². The fourth-order valence-corrected chi connectivity index (χ4v) is 1.53. The second kappa shape index (κ2) is 4.49. The van der Waals surface area contributed by atoms with E-state index in [2.05, 4.69) is 5.32 Å². The summed E-state index contributed by atoms with van der Waals surface area (Å²) < 4.78 is 0. The normalized spacial score (nSPS) is 18.7. The Balaban J connectivity index is 2.34. The molecule has 0 aliphatic heterocycles. The summed E-state index contributed by atoms with van der Waals surface area (Å²) in [6, 6.07) is 0. The maximum atomic E-state index is 11.7. The minimum atomic E-state index is -0.491. The fourth-order valence-electron chi connectivity index (χ4n) is 1.53. The smallest absolute Gasteiger partial charge is 0.226 e. The number of rotatable bonds is 6. The van der Waals surface area contributed by atoms with Gasteiger partial charge in [0.1, 0.15) is 0 Å². The van der Waals surface area contributed by atoms with Crippen molar-refractivity contribution in [1.82, 2.24) is 5.32 Å². The molecule has 4 heteroatoms. The molecule has 0 unspecified atom stereocenters. The van der Waals surface area contributed by atoms with Gasteiger partial charge >= 0.3 is 0 Å². The van der Waals surface area contributed by atoms with E-state index in [4.69, 9.17) is 10.8 Å². The summed E-state index contributed by atoms with van der Waals surface area (Å²) in [6.07, 6.45) is 3.00. The number of aliphatic hydroxyl groups is 1. The minimum Gasteiger partial charge on any atom is -0.396 e. The Morgan fingerprint density at radius 1 is 1.53 bits per heavy atom. The van der Waals surface area contributed by atoms with Crippen LogP contribution in [0.25, 0.3) is 0 Å². The second-order valence-electron chi connectivity index (χ2n) is 5.24. The number of carbonyl (C=O) groups excluding carboxylic acids is 1. The Kier molecular flexibility index (Phi) is 3.73. The summed E-state index contributed by atoms with van der Waals surface area (Å²) in [5.41, 5.74) is 5.20. The predicted octanol–water partition coefficient (Wildman–Crippen LogP) is 0.250. The van der Waals surface area contributed by atoms with E-state index in [1.807, 2.05) is 13.8 Å². The molecule has 1 aliphatic carbocycles. The average Bonchev–Trinajstić information content (AvgIpc) is 2.95. The molecule has 0 saturated heterocycles. The number of aliphatic hydroxyl groups excluding tert-OH is 1. The van der Waals surface area contributed by atoms with E-state index in [1.54, 1.807) is 0 Å². The topological polar surface area (TPSA) is 75.4 Å². The van der Waals surface area contributed by atoms with E-state index in [0.717, 1.165) is 19.3 Å². The van der Waals surface area contributed by atoms with Gasteiger partial charge in [-0.15, -0.1) is 0 Å². The lowest BCUT2D eigenvalue weighted by Crippen LogP contribution is -2.43. The number of hydrogen-bond acceptors (Lipinski definition) is 3. The van der Waals surface area contributed by atoms with Crippen LogP contribution in [0.15, 0.2) is 0 Å². The van der Waals surface area contributed by atoms with Crippen LogP contribution >= 0.6 is 0 Å². The zero-order valence-electron chi connectivity index (χ0n) is 9.68. The van der Waals surface area contributed by atoms with Gasteiger partial charge in [-0.2, -0.15) is 0 Å². The van der Waals surface area contributed by atoms with Crippen LogP contribution in [0.2, 0.25) is 0 Å². The maximum absolute atomic E-state index is 11.7. The molecule has 1 saturated carbocycles. The third-order valence-corrected chi connectivity index (χ3v) is 3.35. The summed E-state index contributed by atoms with van der Waals surface area (Å²) in [5.74, 6) is 0.00853. The van der Waals surface area contributed by atoms with Crippen LogP contribution in [0.1, 0.15) is 33.1 Å². The molecular formula is C11H22N2O2. The molecule has 88 valence electrons. The monoisotopic (exact) mass is 214 g/mol. The third-order valence-electron chi connectivity index (χ3n) is 3.35. The first-order valence-electron chi connectivity index (χ1n) is 5.55. The van der Waals surface area contributed by atoms with Gasteiger partial charge in [-0.05, 0) is 38.5 Å². The van der Waals surface area contributed by atoms with Gasteiger partial charge in [0.15, 0.2) is 0 Å². The predicted molar refractivity (Wildman–Crippen MR) is 59.2 cm³/mol. The standard InChI is InChI=1S/C11H22N2O2/c1-10(2,7-12)9(15)13-8-11(3-4-11)5-6-14/h14H,3-8,12H2,1-2H3,(H,13,15). The number of carbonyl (C=O) groups is 1. The molecule has 0 spiro atoms. The Morgan fingerprint density at radius 2 is 2.13 bits per heavy atom. The molecule has 4 nitrogen and oxygen atoms in total. The molecule has 1 amide bonds. The van der Waals surface area contributed by atoms with Crippen molar-refractivity contribution in [2.24, 2.45) is 16.6 Å². The Labute approximate surface area is 91.2 Å². The molecule has 0 heterocycles. The van der Waals surface area contributed by atoms with Crippen molar-refractivity contribution in [3.05, 3.63) is 0 Å². The highest BCUT2D eigenvalue weighted by atomic mass is 16.3. The number of nitrogens with two attached hydrogens (primary N) is 1. The van der Waals surface area contributed by atoms with E-state index < -0.39 is 5.41 Å². The zero-order chi connectivity index (χ0) is 11.5. The van der Waals surface area contributed by atoms with Crippen LogP contribution < -0.4 is 11.1 Å². The Bertz CT molecular complexity index is 235. The van der Waals surface area contributed by atoms with E-state index in [0.29, 0.717) is 13.1 Å². The molecular weight excluding hydrogens is 192 g/mol. The van der Waals surface area contributed by atoms with Crippen LogP contribution in [0.4, 0.5) is 0 Å². The molecule has 0 aromatic carbocycles. The van der Waals surface area contributed by atoms with Crippen molar-refractivity contribution in [1.29, 1.82) is 0 Å². The fraction of sp³-hybridized carbons (Fsp3) is 0.909. The Morgan fingerprint density at radius 3 is 2.53 bits per heavy atom. The van der Waals surface area contributed by atoms with Gasteiger partial charge < -0.3 is 16.2 Å². The lowest BCUT2D eigenvalue weighted by Gasteiger charge is -2.23. The first-order valence-corrected chi connectivity index (χ1v) is 5.55. The van der Waals surface area contributed by atoms with Gasteiger partial charge in [0.25, 0.3) is 0 Å². The molecule has 15 heavy (non-hydrogen) atoms. The number of amides is 1. The molecule has 1 fully saturated rings. The molecule has 0 bridgehead atoms. The van der Waals surface area contributed by atoms with Crippen LogP contribution in [0, 0.1) is 10.8 Å². The van der Waals surface area contributed by atoms with E-state index in [-0.39, 0.29) is 17.9 Å². The summed E-state index contributed by atoms with van der Waals surface area (Å²) in [4.78, 5) is 11.7. The Hall–Kier alpha value is -0.610. The summed E-state index contributed by atoms with van der Waals surface area (Å²) >= 11 is 0. The SMILES string of the molecule is CC(C)(CN)C(=O)NCC1(CCO)CC1. The van der Waals surface area contributed by atoms with Gasteiger partial charge in [-0.1, -0.05) is 0 Å². The molecule has 0 aromatic heterocycles. The average molecular weight is 214 g/mol. The van der Waals surface area contributed by atoms with Gasteiger partial charge in [-0.25, -0.2) is 0 Å². The van der Waals surface area contributed by atoms with Crippen molar-refractivity contribution in [3.8, 4) is 0 Å². The quantitative estimate of drug-likeness (QED) is 0.593. The molecule has 1 aliphatic rings.